The first-order valence-electron chi connectivity index (χ1n) is 6.68. The minimum absolute atomic E-state index is 0.321. The van der Waals surface area contributed by atoms with E-state index in [2.05, 4.69) is 0 Å². The molecule has 0 fully saturated rings. The minimum atomic E-state index is -1.14. The third-order valence-electron chi connectivity index (χ3n) is 4.12. The van der Waals surface area contributed by atoms with Gasteiger partial charge in [0.1, 0.15) is 11.3 Å². The molecule has 5 heteroatoms. The van der Waals surface area contributed by atoms with Crippen LogP contribution in [0.15, 0.2) is 18.2 Å². The summed E-state index contributed by atoms with van der Waals surface area (Å²) in [5.74, 6) is -0.237. The van der Waals surface area contributed by atoms with Crippen molar-refractivity contribution in [1.82, 2.24) is 4.90 Å². The molecule has 1 unspecified atom stereocenters. The van der Waals surface area contributed by atoms with Crippen LogP contribution in [0.4, 0.5) is 0 Å². The van der Waals surface area contributed by atoms with Gasteiger partial charge in [-0.3, -0.25) is 4.79 Å². The summed E-state index contributed by atoms with van der Waals surface area (Å²) in [5.41, 5.74) is 0.929. The number of methoxy groups -OCH3 is 1. The molecular formula is C15H19NO4. The lowest BCUT2D eigenvalue weighted by molar-refractivity contribution is -0.156. The number of ether oxygens (including phenoxy) is 1. The molecule has 1 aromatic carbocycles. The molecule has 0 saturated carbocycles. The largest absolute Gasteiger partial charge is 0.497 e. The third-order valence-corrected chi connectivity index (χ3v) is 4.12. The third kappa shape index (κ3) is 2.24. The second kappa shape index (κ2) is 5.53. The highest BCUT2D eigenvalue weighted by atomic mass is 16.5. The van der Waals surface area contributed by atoms with Crippen LogP contribution < -0.4 is 4.74 Å². The van der Waals surface area contributed by atoms with Crippen molar-refractivity contribution < 1.29 is 19.4 Å². The van der Waals surface area contributed by atoms with Crippen molar-refractivity contribution in [1.29, 1.82) is 0 Å². The second-order valence-electron chi connectivity index (χ2n) is 5.04. The Hall–Kier alpha value is -2.04. The van der Waals surface area contributed by atoms with Gasteiger partial charge in [0, 0.05) is 13.0 Å². The molecule has 1 atom stereocenters. The number of carbonyl (C=O) groups excluding carboxylic acids is 1. The van der Waals surface area contributed by atoms with E-state index in [9.17, 15) is 14.7 Å². The molecule has 1 aromatic rings. The summed E-state index contributed by atoms with van der Waals surface area (Å²) in [5, 5.41) is 9.64. The van der Waals surface area contributed by atoms with Crippen molar-refractivity contribution in [2.45, 2.75) is 31.7 Å². The number of carboxylic acids is 1. The normalized spacial score (nSPS) is 20.9. The van der Waals surface area contributed by atoms with Crippen molar-refractivity contribution in [3.63, 3.8) is 0 Å². The minimum Gasteiger partial charge on any atom is -0.497 e. The van der Waals surface area contributed by atoms with Gasteiger partial charge < -0.3 is 14.7 Å². The maximum Gasteiger partial charge on any atom is 0.329 e. The van der Waals surface area contributed by atoms with Gasteiger partial charge in [0.25, 0.3) is 0 Å². The predicted octanol–water partition coefficient (Wildman–Crippen LogP) is 1.49. The lowest BCUT2D eigenvalue weighted by atomic mass is 9.77. The molecule has 0 spiro atoms. The summed E-state index contributed by atoms with van der Waals surface area (Å²) in [6, 6.07) is 5.71. The number of amides is 1. The summed E-state index contributed by atoms with van der Waals surface area (Å²) in [6.07, 6.45) is 2.05. The highest BCUT2D eigenvalue weighted by Gasteiger charge is 2.45. The number of aliphatic carboxylic acids is 1. The lowest BCUT2D eigenvalue weighted by Gasteiger charge is -2.41. The Kier molecular flexibility index (Phi) is 3.97. The number of hydrogen-bond donors (Lipinski definition) is 1. The molecule has 0 heterocycles. The Morgan fingerprint density at radius 3 is 2.80 bits per heavy atom. The van der Waals surface area contributed by atoms with Gasteiger partial charge in [-0.1, -0.05) is 6.07 Å². The van der Waals surface area contributed by atoms with E-state index < -0.39 is 11.5 Å². The van der Waals surface area contributed by atoms with Crippen LogP contribution in [0.1, 0.15) is 24.5 Å². The number of aryl methyl sites for hydroxylation is 1. The number of carboxylic acid groups (broad SMARTS) is 1. The smallest absolute Gasteiger partial charge is 0.329 e. The van der Waals surface area contributed by atoms with Crippen LogP contribution in [0.3, 0.4) is 0 Å². The molecule has 1 N–H and O–H groups in total. The van der Waals surface area contributed by atoms with E-state index in [0.29, 0.717) is 38.0 Å². The van der Waals surface area contributed by atoms with Crippen LogP contribution in [0.5, 0.6) is 5.75 Å². The molecule has 0 aromatic heterocycles. The zero-order valence-electron chi connectivity index (χ0n) is 11.8. The number of fused-ring (bicyclic) bond motifs is 1. The van der Waals surface area contributed by atoms with Gasteiger partial charge in [-0.25, -0.2) is 4.79 Å². The van der Waals surface area contributed by atoms with Crippen molar-refractivity contribution >= 4 is 12.4 Å². The fourth-order valence-corrected chi connectivity index (χ4v) is 2.91. The number of rotatable bonds is 5. The average molecular weight is 277 g/mol. The summed E-state index contributed by atoms with van der Waals surface area (Å²) >= 11 is 0. The topological polar surface area (TPSA) is 66.8 Å². The van der Waals surface area contributed by atoms with Crippen LogP contribution >= 0.6 is 0 Å². The Morgan fingerprint density at radius 2 is 2.25 bits per heavy atom. The molecule has 0 saturated heterocycles. The Morgan fingerprint density at radius 1 is 1.50 bits per heavy atom. The molecule has 1 aliphatic carbocycles. The first-order valence-corrected chi connectivity index (χ1v) is 6.68. The van der Waals surface area contributed by atoms with E-state index in [-0.39, 0.29) is 0 Å². The maximum atomic E-state index is 11.8. The SMILES string of the molecule is CCN(C=O)C1(C(=O)O)CCc2ccc(OC)cc2C1. The van der Waals surface area contributed by atoms with Crippen LogP contribution in [0, 0.1) is 0 Å². The number of likely N-dealkylation sites (N-methyl/N-ethyl adjacent to an activating group) is 1. The van der Waals surface area contributed by atoms with E-state index in [1.54, 1.807) is 14.0 Å². The monoisotopic (exact) mass is 277 g/mol. The van der Waals surface area contributed by atoms with E-state index in [0.717, 1.165) is 11.1 Å². The van der Waals surface area contributed by atoms with Crippen molar-refractivity contribution in [3.8, 4) is 5.75 Å². The van der Waals surface area contributed by atoms with Crippen molar-refractivity contribution in [2.75, 3.05) is 13.7 Å². The molecular weight excluding hydrogens is 258 g/mol. The molecule has 1 amide bonds. The van der Waals surface area contributed by atoms with Crippen molar-refractivity contribution in [2.24, 2.45) is 0 Å². The Bertz CT molecular complexity index is 529. The Labute approximate surface area is 118 Å². The summed E-state index contributed by atoms with van der Waals surface area (Å²) in [7, 11) is 1.58. The predicted molar refractivity (Wildman–Crippen MR) is 73.8 cm³/mol. The fourth-order valence-electron chi connectivity index (χ4n) is 2.91. The second-order valence-corrected chi connectivity index (χ2v) is 5.04. The molecule has 0 radical (unpaired) electrons. The molecule has 5 nitrogen and oxygen atoms in total. The Balaban J connectivity index is 2.43. The van der Waals surface area contributed by atoms with E-state index in [1.165, 1.54) is 4.90 Å². The van der Waals surface area contributed by atoms with Gasteiger partial charge >= 0.3 is 5.97 Å². The van der Waals surface area contributed by atoms with Gasteiger partial charge in [0.2, 0.25) is 6.41 Å². The zero-order chi connectivity index (χ0) is 14.8. The van der Waals surface area contributed by atoms with Gasteiger partial charge in [-0.15, -0.1) is 0 Å². The van der Waals surface area contributed by atoms with Crippen LogP contribution in [-0.4, -0.2) is 41.6 Å². The highest BCUT2D eigenvalue weighted by Crippen LogP contribution is 2.34. The first-order chi connectivity index (χ1) is 9.57. The molecule has 0 bridgehead atoms. The van der Waals surface area contributed by atoms with Gasteiger partial charge in [-0.2, -0.15) is 0 Å². The van der Waals surface area contributed by atoms with Gasteiger partial charge in [0.05, 0.1) is 7.11 Å². The van der Waals surface area contributed by atoms with Gasteiger partial charge in [0.15, 0.2) is 0 Å². The van der Waals surface area contributed by atoms with E-state index in [1.807, 2.05) is 18.2 Å². The first kappa shape index (κ1) is 14.4. The standard InChI is InChI=1S/C15H19NO4/c1-3-16(10-17)15(14(18)19)7-6-11-4-5-13(20-2)8-12(11)9-15/h4-5,8,10H,3,6-7,9H2,1-2H3,(H,18,19). The highest BCUT2D eigenvalue weighted by molar-refractivity contribution is 5.82. The van der Waals surface area contributed by atoms with Gasteiger partial charge in [-0.05, 0) is 43.0 Å². The quantitative estimate of drug-likeness (QED) is 0.828. The van der Waals surface area contributed by atoms with E-state index in [4.69, 9.17) is 4.74 Å². The fraction of sp³-hybridized carbons (Fsp3) is 0.467. The average Bonchev–Trinajstić information content (AvgIpc) is 2.47. The van der Waals surface area contributed by atoms with E-state index >= 15 is 0 Å². The lowest BCUT2D eigenvalue weighted by Crippen LogP contribution is -2.57. The number of hydrogen-bond acceptors (Lipinski definition) is 3. The van der Waals surface area contributed by atoms with Crippen LogP contribution in [0.2, 0.25) is 0 Å². The zero-order valence-corrected chi connectivity index (χ0v) is 11.8. The number of carbonyl (C=O) groups is 2. The molecule has 2 rings (SSSR count). The maximum absolute atomic E-state index is 11.8. The summed E-state index contributed by atoms with van der Waals surface area (Å²) in [4.78, 5) is 24.4. The van der Waals surface area contributed by atoms with Crippen LogP contribution in [0.25, 0.3) is 0 Å². The van der Waals surface area contributed by atoms with Crippen molar-refractivity contribution in [3.05, 3.63) is 29.3 Å². The molecule has 108 valence electrons. The summed E-state index contributed by atoms with van der Waals surface area (Å²) < 4.78 is 5.19. The number of nitrogens with zero attached hydrogens (tertiary/aromatic N) is 1. The number of benzene rings is 1. The summed E-state index contributed by atoms with van der Waals surface area (Å²) in [6.45, 7) is 2.18. The molecule has 1 aliphatic rings. The van der Waals surface area contributed by atoms with Crippen LogP contribution in [-0.2, 0) is 22.4 Å². The molecule has 20 heavy (non-hydrogen) atoms. The molecule has 0 aliphatic heterocycles.